The third-order valence-corrected chi connectivity index (χ3v) is 3.99. The molecule has 17 heavy (non-hydrogen) atoms. The first-order valence-electron chi connectivity index (χ1n) is 6.15. The van der Waals surface area contributed by atoms with Gasteiger partial charge in [-0.3, -0.25) is 4.79 Å². The average molecular weight is 297 g/mol. The maximum Gasteiger partial charge on any atom is 0.256 e. The molecule has 0 saturated heterocycles. The summed E-state index contributed by atoms with van der Waals surface area (Å²) in [6, 6.07) is 4.05. The molecule has 3 nitrogen and oxygen atoms in total. The topological polar surface area (TPSA) is 33.2 Å². The molecule has 0 N–H and O–H groups in total. The molecule has 4 heteroatoms. The van der Waals surface area contributed by atoms with Gasteiger partial charge in [0.1, 0.15) is 4.60 Å². The standard InChI is InChI=1S/C13H17BrN2O/c1-2-16(10-6-3-4-7-10)13(17)11-8-5-9-15-12(11)14/h5,8-10H,2-4,6-7H2,1H3. The lowest BCUT2D eigenvalue weighted by molar-refractivity contribution is 0.0692. The summed E-state index contributed by atoms with van der Waals surface area (Å²) < 4.78 is 0.640. The van der Waals surface area contributed by atoms with Gasteiger partial charge in [0.15, 0.2) is 0 Å². The lowest BCUT2D eigenvalue weighted by atomic mass is 10.1. The molecule has 1 aromatic heterocycles. The first-order chi connectivity index (χ1) is 8.24. The number of hydrogen-bond donors (Lipinski definition) is 0. The third kappa shape index (κ3) is 2.68. The Morgan fingerprint density at radius 2 is 2.24 bits per heavy atom. The molecule has 1 heterocycles. The van der Waals surface area contributed by atoms with Crippen LogP contribution in [0.2, 0.25) is 0 Å². The van der Waals surface area contributed by atoms with E-state index < -0.39 is 0 Å². The zero-order valence-electron chi connectivity index (χ0n) is 10.0. The number of aromatic nitrogens is 1. The summed E-state index contributed by atoms with van der Waals surface area (Å²) in [5, 5.41) is 0. The lowest BCUT2D eigenvalue weighted by Gasteiger charge is -2.27. The number of rotatable bonds is 3. The van der Waals surface area contributed by atoms with Gasteiger partial charge in [0.2, 0.25) is 0 Å². The van der Waals surface area contributed by atoms with Crippen molar-refractivity contribution < 1.29 is 4.79 Å². The smallest absolute Gasteiger partial charge is 0.256 e. The Labute approximate surface area is 110 Å². The van der Waals surface area contributed by atoms with Crippen molar-refractivity contribution in [2.45, 2.75) is 38.6 Å². The van der Waals surface area contributed by atoms with Gasteiger partial charge < -0.3 is 4.90 Å². The van der Waals surface area contributed by atoms with Crippen LogP contribution >= 0.6 is 15.9 Å². The minimum atomic E-state index is 0.0966. The van der Waals surface area contributed by atoms with Crippen molar-refractivity contribution in [2.75, 3.05) is 6.54 Å². The summed E-state index contributed by atoms with van der Waals surface area (Å²) in [4.78, 5) is 18.5. The predicted octanol–water partition coefficient (Wildman–Crippen LogP) is 3.25. The molecule has 92 valence electrons. The van der Waals surface area contributed by atoms with Crippen molar-refractivity contribution in [3.05, 3.63) is 28.5 Å². The summed E-state index contributed by atoms with van der Waals surface area (Å²) in [6.45, 7) is 2.81. The molecule has 1 aromatic rings. The van der Waals surface area contributed by atoms with Gasteiger partial charge in [-0.05, 0) is 47.8 Å². The van der Waals surface area contributed by atoms with Crippen molar-refractivity contribution in [3.8, 4) is 0 Å². The molecule has 0 spiro atoms. The number of nitrogens with zero attached hydrogens (tertiary/aromatic N) is 2. The van der Waals surface area contributed by atoms with E-state index in [9.17, 15) is 4.79 Å². The van der Waals surface area contributed by atoms with Crippen molar-refractivity contribution >= 4 is 21.8 Å². The Bertz CT molecular complexity index is 402. The van der Waals surface area contributed by atoms with Crippen LogP contribution in [0.25, 0.3) is 0 Å². The molecule has 0 atom stereocenters. The average Bonchev–Trinajstić information content (AvgIpc) is 2.84. The summed E-state index contributed by atoms with van der Waals surface area (Å²) in [5.74, 6) is 0.0966. The molecule has 0 unspecified atom stereocenters. The van der Waals surface area contributed by atoms with Gasteiger partial charge in [-0.1, -0.05) is 12.8 Å². The fourth-order valence-corrected chi connectivity index (χ4v) is 2.90. The van der Waals surface area contributed by atoms with Crippen LogP contribution in [0.5, 0.6) is 0 Å². The lowest BCUT2D eigenvalue weighted by Crippen LogP contribution is -2.38. The van der Waals surface area contributed by atoms with Crippen LogP contribution in [0, 0.1) is 0 Å². The van der Waals surface area contributed by atoms with Crippen LogP contribution in [-0.2, 0) is 0 Å². The number of carbonyl (C=O) groups excluding carboxylic acids is 1. The highest BCUT2D eigenvalue weighted by Gasteiger charge is 2.27. The molecule has 1 saturated carbocycles. The third-order valence-electron chi connectivity index (χ3n) is 3.36. The van der Waals surface area contributed by atoms with Gasteiger partial charge >= 0.3 is 0 Å². The zero-order valence-corrected chi connectivity index (χ0v) is 11.6. The number of pyridine rings is 1. The maximum atomic E-state index is 12.4. The number of halogens is 1. The monoisotopic (exact) mass is 296 g/mol. The predicted molar refractivity (Wildman–Crippen MR) is 70.9 cm³/mol. The second-order valence-corrected chi connectivity index (χ2v) is 5.12. The Kier molecular flexibility index (Phi) is 4.15. The van der Waals surface area contributed by atoms with Crippen molar-refractivity contribution in [2.24, 2.45) is 0 Å². The van der Waals surface area contributed by atoms with Gasteiger partial charge in [0, 0.05) is 18.8 Å². The SMILES string of the molecule is CCN(C(=O)c1cccnc1Br)C1CCCC1. The minimum absolute atomic E-state index is 0.0966. The Morgan fingerprint density at radius 3 is 2.82 bits per heavy atom. The summed E-state index contributed by atoms with van der Waals surface area (Å²) in [5.41, 5.74) is 0.668. The highest BCUT2D eigenvalue weighted by Crippen LogP contribution is 2.25. The molecule has 0 bridgehead atoms. The Hall–Kier alpha value is -0.900. The minimum Gasteiger partial charge on any atom is -0.336 e. The molecule has 0 radical (unpaired) electrons. The van der Waals surface area contributed by atoms with Gasteiger partial charge in [-0.25, -0.2) is 4.98 Å². The molecule has 1 aliphatic carbocycles. The van der Waals surface area contributed by atoms with E-state index >= 15 is 0 Å². The highest BCUT2D eigenvalue weighted by atomic mass is 79.9. The molecule has 0 aromatic carbocycles. The normalized spacial score (nSPS) is 16.1. The fraction of sp³-hybridized carbons (Fsp3) is 0.538. The summed E-state index contributed by atoms with van der Waals surface area (Å²) in [6.07, 6.45) is 6.44. The maximum absolute atomic E-state index is 12.4. The van der Waals surface area contributed by atoms with Crippen LogP contribution in [0.4, 0.5) is 0 Å². The fourth-order valence-electron chi connectivity index (χ4n) is 2.48. The number of carbonyl (C=O) groups is 1. The molecular formula is C13H17BrN2O. The van der Waals surface area contributed by atoms with E-state index in [0.717, 1.165) is 19.4 Å². The van der Waals surface area contributed by atoms with E-state index in [0.29, 0.717) is 16.2 Å². The number of amides is 1. The van der Waals surface area contributed by atoms with Crippen LogP contribution in [-0.4, -0.2) is 28.4 Å². The van der Waals surface area contributed by atoms with E-state index in [4.69, 9.17) is 0 Å². The van der Waals surface area contributed by atoms with Gasteiger partial charge in [-0.2, -0.15) is 0 Å². The van der Waals surface area contributed by atoms with Gasteiger partial charge in [0.25, 0.3) is 5.91 Å². The van der Waals surface area contributed by atoms with E-state index in [-0.39, 0.29) is 5.91 Å². The second kappa shape index (κ2) is 5.63. The van der Waals surface area contributed by atoms with Crippen molar-refractivity contribution in [1.29, 1.82) is 0 Å². The van der Waals surface area contributed by atoms with Gasteiger partial charge in [-0.15, -0.1) is 0 Å². The second-order valence-electron chi connectivity index (χ2n) is 4.37. The first-order valence-corrected chi connectivity index (χ1v) is 6.94. The largest absolute Gasteiger partial charge is 0.336 e. The molecular weight excluding hydrogens is 280 g/mol. The van der Waals surface area contributed by atoms with E-state index in [1.54, 1.807) is 12.3 Å². The van der Waals surface area contributed by atoms with Crippen LogP contribution in [0.3, 0.4) is 0 Å². The van der Waals surface area contributed by atoms with E-state index in [1.165, 1.54) is 12.8 Å². The summed E-state index contributed by atoms with van der Waals surface area (Å²) >= 11 is 3.34. The van der Waals surface area contributed by atoms with Gasteiger partial charge in [0.05, 0.1) is 5.56 Å². The van der Waals surface area contributed by atoms with Crippen molar-refractivity contribution in [3.63, 3.8) is 0 Å². The van der Waals surface area contributed by atoms with Crippen LogP contribution in [0.1, 0.15) is 43.0 Å². The quantitative estimate of drug-likeness (QED) is 0.802. The molecule has 2 rings (SSSR count). The van der Waals surface area contributed by atoms with Crippen molar-refractivity contribution in [1.82, 2.24) is 9.88 Å². The first kappa shape index (κ1) is 12.6. The molecule has 1 amide bonds. The highest BCUT2D eigenvalue weighted by molar-refractivity contribution is 9.10. The molecule has 1 fully saturated rings. The number of hydrogen-bond acceptors (Lipinski definition) is 2. The molecule has 1 aliphatic rings. The van der Waals surface area contributed by atoms with Crippen LogP contribution in [0.15, 0.2) is 22.9 Å². The van der Waals surface area contributed by atoms with Crippen LogP contribution < -0.4 is 0 Å². The Morgan fingerprint density at radius 1 is 1.53 bits per heavy atom. The Balaban J connectivity index is 2.20. The summed E-state index contributed by atoms with van der Waals surface area (Å²) in [7, 11) is 0. The molecule has 0 aliphatic heterocycles. The van der Waals surface area contributed by atoms with E-state index in [1.807, 2.05) is 17.9 Å². The zero-order chi connectivity index (χ0) is 12.3. The van der Waals surface area contributed by atoms with E-state index in [2.05, 4.69) is 20.9 Å².